The summed E-state index contributed by atoms with van der Waals surface area (Å²) in [5, 5.41) is 7.65. The van der Waals surface area contributed by atoms with Crippen LogP contribution in [0.3, 0.4) is 0 Å². The van der Waals surface area contributed by atoms with Gasteiger partial charge in [-0.1, -0.05) is 0 Å². The fourth-order valence-electron chi connectivity index (χ4n) is 1.72. The van der Waals surface area contributed by atoms with E-state index < -0.39 is 0 Å². The Morgan fingerprint density at radius 3 is 2.71 bits per heavy atom. The topological polar surface area (TPSA) is 42.7 Å². The van der Waals surface area contributed by atoms with Crippen molar-refractivity contribution in [3.8, 4) is 0 Å². The quantitative estimate of drug-likeness (QED) is 0.791. The van der Waals surface area contributed by atoms with Gasteiger partial charge in [-0.25, -0.2) is 0 Å². The molecular weight excluding hydrogens is 212 g/mol. The molecule has 90 valence electrons. The molecule has 1 N–H and O–H groups in total. The minimum absolute atomic E-state index is 0.880. The largest absolute Gasteiger partial charge is 0.312 e. The summed E-state index contributed by atoms with van der Waals surface area (Å²) >= 11 is 0. The van der Waals surface area contributed by atoms with Crippen molar-refractivity contribution in [1.29, 1.82) is 0 Å². The molecule has 0 aliphatic carbocycles. The van der Waals surface area contributed by atoms with Crippen LogP contribution in [0.2, 0.25) is 0 Å². The minimum atomic E-state index is 0.880. The highest BCUT2D eigenvalue weighted by Crippen LogP contribution is 2.04. The molecule has 0 saturated heterocycles. The van der Waals surface area contributed by atoms with Crippen molar-refractivity contribution in [2.45, 2.75) is 19.9 Å². The van der Waals surface area contributed by atoms with Crippen LogP contribution in [0.1, 0.15) is 16.8 Å². The minimum Gasteiger partial charge on any atom is -0.312 e. The second-order valence-corrected chi connectivity index (χ2v) is 4.16. The molecular formula is C13H18N4. The van der Waals surface area contributed by atoms with E-state index in [0.717, 1.165) is 19.5 Å². The Balaban J connectivity index is 1.75. The Morgan fingerprint density at radius 1 is 1.29 bits per heavy atom. The van der Waals surface area contributed by atoms with Crippen molar-refractivity contribution in [3.05, 3.63) is 47.5 Å². The lowest BCUT2D eigenvalue weighted by Crippen LogP contribution is -2.17. The zero-order chi connectivity index (χ0) is 12.1. The summed E-state index contributed by atoms with van der Waals surface area (Å²) in [5.41, 5.74) is 3.80. The third-order valence-electron chi connectivity index (χ3n) is 2.99. The summed E-state index contributed by atoms with van der Waals surface area (Å²) in [6.07, 6.45) is 6.62. The van der Waals surface area contributed by atoms with Crippen molar-refractivity contribution in [2.75, 3.05) is 6.54 Å². The number of aryl methyl sites for hydroxylation is 1. The van der Waals surface area contributed by atoms with Gasteiger partial charge in [-0.05, 0) is 37.6 Å². The van der Waals surface area contributed by atoms with Gasteiger partial charge in [-0.15, -0.1) is 0 Å². The molecule has 0 radical (unpaired) electrons. The van der Waals surface area contributed by atoms with Gasteiger partial charge >= 0.3 is 0 Å². The van der Waals surface area contributed by atoms with Crippen molar-refractivity contribution in [1.82, 2.24) is 20.1 Å². The number of pyridine rings is 1. The molecule has 2 aromatic heterocycles. The number of hydrogen-bond acceptors (Lipinski definition) is 3. The second-order valence-electron chi connectivity index (χ2n) is 4.16. The Kier molecular flexibility index (Phi) is 3.88. The van der Waals surface area contributed by atoms with Crippen molar-refractivity contribution >= 4 is 0 Å². The van der Waals surface area contributed by atoms with Crippen LogP contribution in [-0.4, -0.2) is 21.3 Å². The van der Waals surface area contributed by atoms with E-state index in [0.29, 0.717) is 0 Å². The summed E-state index contributed by atoms with van der Waals surface area (Å²) in [6, 6.07) is 4.11. The third-order valence-corrected chi connectivity index (χ3v) is 2.99. The predicted octanol–water partition coefficient (Wildman–Crippen LogP) is 1.46. The van der Waals surface area contributed by atoms with Gasteiger partial charge in [-0.3, -0.25) is 9.67 Å². The smallest absolute Gasteiger partial charge is 0.0537 e. The van der Waals surface area contributed by atoms with Crippen LogP contribution >= 0.6 is 0 Å². The summed E-state index contributed by atoms with van der Waals surface area (Å²) in [7, 11) is 1.97. The number of hydrogen-bond donors (Lipinski definition) is 1. The van der Waals surface area contributed by atoms with E-state index in [-0.39, 0.29) is 0 Å². The number of rotatable bonds is 5. The zero-order valence-electron chi connectivity index (χ0n) is 10.3. The van der Waals surface area contributed by atoms with Gasteiger partial charge in [0.05, 0.1) is 6.20 Å². The maximum Gasteiger partial charge on any atom is 0.0537 e. The lowest BCUT2D eigenvalue weighted by molar-refractivity contribution is 0.679. The maximum absolute atomic E-state index is 4.22. The number of nitrogens with zero attached hydrogens (tertiary/aromatic N) is 3. The fourth-order valence-corrected chi connectivity index (χ4v) is 1.72. The lowest BCUT2D eigenvalue weighted by Gasteiger charge is -2.04. The molecule has 17 heavy (non-hydrogen) atoms. The van der Waals surface area contributed by atoms with E-state index in [2.05, 4.69) is 34.5 Å². The van der Waals surface area contributed by atoms with E-state index in [1.807, 2.05) is 30.3 Å². The average molecular weight is 230 g/mol. The molecule has 2 aromatic rings. The maximum atomic E-state index is 4.22. The van der Waals surface area contributed by atoms with E-state index in [4.69, 9.17) is 0 Å². The molecule has 0 bridgehead atoms. The average Bonchev–Trinajstić information content (AvgIpc) is 2.67. The van der Waals surface area contributed by atoms with Crippen LogP contribution in [0.5, 0.6) is 0 Å². The molecule has 0 unspecified atom stereocenters. The highest BCUT2D eigenvalue weighted by Gasteiger charge is 2.02. The fraction of sp³-hybridized carbons (Fsp3) is 0.385. The summed E-state index contributed by atoms with van der Waals surface area (Å²) in [4.78, 5) is 4.00. The van der Waals surface area contributed by atoms with Crippen LogP contribution < -0.4 is 5.32 Å². The standard InChI is InChI=1S/C13H18N4/c1-11-13(10-16-17(11)2)9-15-8-5-12-3-6-14-7-4-12/h3-4,6-7,10,15H,5,8-9H2,1-2H3. The van der Waals surface area contributed by atoms with E-state index >= 15 is 0 Å². The molecule has 2 rings (SSSR count). The molecule has 0 aliphatic heterocycles. The molecule has 4 heteroatoms. The second kappa shape index (κ2) is 5.59. The first-order valence-corrected chi connectivity index (χ1v) is 5.84. The van der Waals surface area contributed by atoms with Gasteiger partial charge in [0.1, 0.15) is 0 Å². The Morgan fingerprint density at radius 2 is 2.06 bits per heavy atom. The van der Waals surface area contributed by atoms with E-state index in [1.54, 1.807) is 0 Å². The Bertz CT molecular complexity index is 462. The highest BCUT2D eigenvalue weighted by molar-refractivity contribution is 5.15. The van der Waals surface area contributed by atoms with Gasteiger partial charge in [0.25, 0.3) is 0 Å². The first-order valence-electron chi connectivity index (χ1n) is 5.84. The van der Waals surface area contributed by atoms with Crippen molar-refractivity contribution in [3.63, 3.8) is 0 Å². The van der Waals surface area contributed by atoms with Crippen LogP contribution in [0.4, 0.5) is 0 Å². The lowest BCUT2D eigenvalue weighted by atomic mass is 10.2. The molecule has 0 aliphatic rings. The third kappa shape index (κ3) is 3.14. The van der Waals surface area contributed by atoms with Crippen molar-refractivity contribution in [2.24, 2.45) is 7.05 Å². The van der Waals surface area contributed by atoms with Crippen LogP contribution in [-0.2, 0) is 20.0 Å². The van der Waals surface area contributed by atoms with Gasteiger partial charge in [0.15, 0.2) is 0 Å². The van der Waals surface area contributed by atoms with Crippen LogP contribution in [0.15, 0.2) is 30.7 Å². The number of nitrogens with one attached hydrogen (secondary N) is 1. The first-order chi connectivity index (χ1) is 8.27. The van der Waals surface area contributed by atoms with Gasteiger partial charge in [0, 0.05) is 37.2 Å². The van der Waals surface area contributed by atoms with E-state index in [9.17, 15) is 0 Å². The first kappa shape index (κ1) is 11.8. The normalized spacial score (nSPS) is 10.7. The van der Waals surface area contributed by atoms with Gasteiger partial charge in [-0.2, -0.15) is 5.10 Å². The van der Waals surface area contributed by atoms with Crippen LogP contribution in [0, 0.1) is 6.92 Å². The van der Waals surface area contributed by atoms with Crippen molar-refractivity contribution < 1.29 is 0 Å². The molecule has 2 heterocycles. The van der Waals surface area contributed by atoms with Gasteiger partial charge in [0.2, 0.25) is 0 Å². The van der Waals surface area contributed by atoms with Crippen LogP contribution in [0.25, 0.3) is 0 Å². The zero-order valence-corrected chi connectivity index (χ0v) is 10.3. The molecule has 4 nitrogen and oxygen atoms in total. The molecule has 0 fully saturated rings. The monoisotopic (exact) mass is 230 g/mol. The molecule has 0 spiro atoms. The molecule has 0 atom stereocenters. The Labute approximate surface area is 102 Å². The summed E-state index contributed by atoms with van der Waals surface area (Å²) in [6.45, 7) is 3.94. The highest BCUT2D eigenvalue weighted by atomic mass is 15.3. The summed E-state index contributed by atoms with van der Waals surface area (Å²) < 4.78 is 1.90. The molecule has 0 aromatic carbocycles. The number of aromatic nitrogens is 3. The predicted molar refractivity (Wildman–Crippen MR) is 67.6 cm³/mol. The van der Waals surface area contributed by atoms with Gasteiger partial charge < -0.3 is 5.32 Å². The molecule has 0 saturated carbocycles. The Hall–Kier alpha value is -1.68. The summed E-state index contributed by atoms with van der Waals surface area (Å²) in [5.74, 6) is 0. The SMILES string of the molecule is Cc1c(CNCCc2ccncc2)cnn1C. The van der Waals surface area contributed by atoms with E-state index in [1.165, 1.54) is 16.8 Å². The molecule has 0 amide bonds.